The first-order chi connectivity index (χ1) is 10.8. The van der Waals surface area contributed by atoms with Gasteiger partial charge in [0.25, 0.3) is 0 Å². The number of aromatic nitrogens is 3. The number of amides is 1. The van der Waals surface area contributed by atoms with Gasteiger partial charge in [-0.25, -0.2) is 0 Å². The van der Waals surface area contributed by atoms with Crippen LogP contribution in [-0.4, -0.2) is 27.2 Å². The number of carbonyl (C=O) groups excluding carboxylic acids is 1. The molecule has 2 fully saturated rings. The molecular formula is C17H26N4OS. The van der Waals surface area contributed by atoms with Crippen molar-refractivity contribution in [2.75, 3.05) is 6.54 Å². The van der Waals surface area contributed by atoms with E-state index in [0.29, 0.717) is 29.7 Å². The number of hydrogen-bond acceptors (Lipinski definition) is 3. The van der Waals surface area contributed by atoms with Crippen LogP contribution in [0.15, 0.2) is 11.6 Å². The first-order valence-corrected chi connectivity index (χ1v) is 8.81. The topological polar surface area (TPSA) is 62.7 Å². The van der Waals surface area contributed by atoms with Gasteiger partial charge in [0.1, 0.15) is 5.82 Å². The number of nitrogens with zero attached hydrogens (tertiary/aromatic N) is 2. The minimum atomic E-state index is 0.0620. The number of carbonyl (C=O) groups is 1. The molecule has 2 aliphatic carbocycles. The van der Waals surface area contributed by atoms with Crippen LogP contribution in [0.1, 0.15) is 52.3 Å². The van der Waals surface area contributed by atoms with Gasteiger partial charge < -0.3 is 9.88 Å². The highest BCUT2D eigenvalue weighted by molar-refractivity contribution is 7.71. The maximum Gasteiger partial charge on any atom is 0.224 e. The molecule has 0 aliphatic heterocycles. The van der Waals surface area contributed by atoms with Crippen molar-refractivity contribution in [3.8, 4) is 0 Å². The van der Waals surface area contributed by atoms with Crippen LogP contribution in [0.4, 0.5) is 0 Å². The molecule has 0 bridgehead atoms. The van der Waals surface area contributed by atoms with Gasteiger partial charge >= 0.3 is 0 Å². The molecule has 2 N–H and O–H groups in total. The quantitative estimate of drug-likeness (QED) is 0.620. The third-order valence-corrected chi connectivity index (χ3v) is 5.38. The molecule has 2 aliphatic rings. The van der Waals surface area contributed by atoms with E-state index >= 15 is 0 Å². The minimum absolute atomic E-state index is 0.0620. The average molecular weight is 334 g/mol. The summed E-state index contributed by atoms with van der Waals surface area (Å²) in [5.74, 6) is 2.17. The van der Waals surface area contributed by atoms with Crippen molar-refractivity contribution in [1.82, 2.24) is 20.1 Å². The molecule has 0 aromatic carbocycles. The molecule has 0 unspecified atom stereocenters. The van der Waals surface area contributed by atoms with Crippen LogP contribution >= 0.6 is 12.2 Å². The summed E-state index contributed by atoms with van der Waals surface area (Å²) >= 11 is 5.29. The fourth-order valence-electron chi connectivity index (χ4n) is 3.45. The van der Waals surface area contributed by atoms with Gasteiger partial charge in [0.2, 0.25) is 5.91 Å². The van der Waals surface area contributed by atoms with Crippen LogP contribution in [0.25, 0.3) is 0 Å². The Labute approximate surface area is 142 Å². The molecule has 0 radical (unpaired) electrons. The van der Waals surface area contributed by atoms with Crippen molar-refractivity contribution in [3.63, 3.8) is 0 Å². The molecule has 2 atom stereocenters. The third kappa shape index (κ3) is 3.27. The van der Waals surface area contributed by atoms with E-state index in [1.165, 1.54) is 18.4 Å². The van der Waals surface area contributed by atoms with Crippen molar-refractivity contribution in [3.05, 3.63) is 22.2 Å². The van der Waals surface area contributed by atoms with Crippen LogP contribution in [-0.2, 0) is 11.3 Å². The zero-order chi connectivity index (χ0) is 16.8. The highest BCUT2D eigenvalue weighted by atomic mass is 32.1. The summed E-state index contributed by atoms with van der Waals surface area (Å²) in [4.78, 5) is 12.5. The first kappa shape index (κ1) is 16.4. The van der Waals surface area contributed by atoms with E-state index in [-0.39, 0.29) is 17.2 Å². The van der Waals surface area contributed by atoms with Crippen molar-refractivity contribution < 1.29 is 4.79 Å². The van der Waals surface area contributed by atoms with Gasteiger partial charge in [-0.15, -0.1) is 0 Å². The molecule has 6 heteroatoms. The highest BCUT2D eigenvalue weighted by Gasteiger charge is 2.60. The molecule has 23 heavy (non-hydrogen) atoms. The van der Waals surface area contributed by atoms with E-state index in [0.717, 1.165) is 5.82 Å². The summed E-state index contributed by atoms with van der Waals surface area (Å²) in [6.07, 6.45) is 4.60. The second-order valence-corrected chi connectivity index (χ2v) is 8.06. The third-order valence-electron chi connectivity index (χ3n) is 5.07. The molecule has 1 amide bonds. The standard InChI is InChI=1S/C17H26N4OS/c1-10(2)9-12-13(17(12,3)4)15(22)18-7-8-21-14(11-5-6-11)19-20-16(21)23/h9,11-13H,5-8H2,1-4H3,(H,18,22)(H,20,23)/t12-,13-/m0/s1. The number of aromatic amines is 1. The van der Waals surface area contributed by atoms with E-state index in [4.69, 9.17) is 12.2 Å². The summed E-state index contributed by atoms with van der Waals surface area (Å²) in [6.45, 7) is 9.79. The fourth-order valence-corrected chi connectivity index (χ4v) is 3.68. The Hall–Kier alpha value is -1.43. The summed E-state index contributed by atoms with van der Waals surface area (Å²) in [5.41, 5.74) is 1.34. The van der Waals surface area contributed by atoms with Crippen LogP contribution in [0.3, 0.4) is 0 Å². The van der Waals surface area contributed by atoms with Crippen LogP contribution in [0, 0.1) is 22.0 Å². The van der Waals surface area contributed by atoms with E-state index in [1.54, 1.807) is 0 Å². The lowest BCUT2D eigenvalue weighted by atomic mass is 10.1. The first-order valence-electron chi connectivity index (χ1n) is 8.40. The molecule has 126 valence electrons. The highest BCUT2D eigenvalue weighted by Crippen LogP contribution is 2.59. The summed E-state index contributed by atoms with van der Waals surface area (Å²) in [7, 11) is 0. The molecule has 1 aromatic rings. The summed E-state index contributed by atoms with van der Waals surface area (Å²) < 4.78 is 2.68. The lowest BCUT2D eigenvalue weighted by molar-refractivity contribution is -0.123. The van der Waals surface area contributed by atoms with Crippen molar-refractivity contribution in [1.29, 1.82) is 0 Å². The predicted molar refractivity (Wildman–Crippen MR) is 92.6 cm³/mol. The summed E-state index contributed by atoms with van der Waals surface area (Å²) in [5, 5.41) is 10.3. The number of nitrogens with one attached hydrogen (secondary N) is 2. The van der Waals surface area contributed by atoms with Gasteiger partial charge in [-0.3, -0.25) is 9.89 Å². The van der Waals surface area contributed by atoms with Crippen molar-refractivity contribution in [2.45, 2.75) is 53.0 Å². The van der Waals surface area contributed by atoms with E-state index in [1.807, 2.05) is 4.57 Å². The van der Waals surface area contributed by atoms with Gasteiger partial charge in [0, 0.05) is 19.0 Å². The van der Waals surface area contributed by atoms with Gasteiger partial charge in [-0.2, -0.15) is 5.10 Å². The summed E-state index contributed by atoms with van der Waals surface area (Å²) in [6, 6.07) is 0. The SMILES string of the molecule is CC(C)=C[C@H]1[C@@H](C(=O)NCCn2c(C3CC3)n[nH]c2=S)C1(C)C. The molecule has 0 spiro atoms. The molecular weight excluding hydrogens is 308 g/mol. The second-order valence-electron chi connectivity index (χ2n) is 7.67. The Bertz CT molecular complexity index is 692. The van der Waals surface area contributed by atoms with E-state index in [9.17, 15) is 4.79 Å². The maximum atomic E-state index is 12.5. The fraction of sp³-hybridized carbons (Fsp3) is 0.706. The van der Waals surface area contributed by atoms with Crippen molar-refractivity contribution >= 4 is 18.1 Å². The van der Waals surface area contributed by atoms with Crippen LogP contribution in [0.2, 0.25) is 0 Å². The monoisotopic (exact) mass is 334 g/mol. The smallest absolute Gasteiger partial charge is 0.224 e. The average Bonchev–Trinajstić information content (AvgIpc) is 3.33. The Morgan fingerprint density at radius 3 is 2.78 bits per heavy atom. The Morgan fingerprint density at radius 1 is 1.48 bits per heavy atom. The number of allylic oxidation sites excluding steroid dienone is 2. The number of hydrogen-bond donors (Lipinski definition) is 2. The van der Waals surface area contributed by atoms with E-state index < -0.39 is 0 Å². The molecule has 2 saturated carbocycles. The maximum absolute atomic E-state index is 12.5. The molecule has 5 nitrogen and oxygen atoms in total. The Kier molecular flexibility index (Phi) is 4.21. The lowest BCUT2D eigenvalue weighted by Crippen LogP contribution is -2.30. The largest absolute Gasteiger partial charge is 0.354 e. The molecule has 0 saturated heterocycles. The van der Waals surface area contributed by atoms with E-state index in [2.05, 4.69) is 49.3 Å². The number of rotatable bonds is 6. The lowest BCUT2D eigenvalue weighted by Gasteiger charge is -2.08. The zero-order valence-corrected chi connectivity index (χ0v) is 15.2. The van der Waals surface area contributed by atoms with Crippen molar-refractivity contribution in [2.24, 2.45) is 17.3 Å². The van der Waals surface area contributed by atoms with Crippen LogP contribution in [0.5, 0.6) is 0 Å². The molecule has 1 heterocycles. The normalized spacial score (nSPS) is 25.0. The van der Waals surface area contributed by atoms with Crippen LogP contribution < -0.4 is 5.32 Å². The Balaban J connectivity index is 1.56. The molecule has 1 aromatic heterocycles. The zero-order valence-electron chi connectivity index (χ0n) is 14.3. The minimum Gasteiger partial charge on any atom is -0.354 e. The van der Waals surface area contributed by atoms with Gasteiger partial charge in [0.05, 0.1) is 5.92 Å². The molecule has 3 rings (SSSR count). The Morgan fingerprint density at radius 2 is 2.17 bits per heavy atom. The second kappa shape index (κ2) is 5.89. The van der Waals surface area contributed by atoms with Gasteiger partial charge in [-0.05, 0) is 50.2 Å². The number of H-pyrrole nitrogens is 1. The van der Waals surface area contributed by atoms with Gasteiger partial charge in [-0.1, -0.05) is 25.5 Å². The predicted octanol–water partition coefficient (Wildman–Crippen LogP) is 3.17. The van der Waals surface area contributed by atoms with Gasteiger partial charge in [0.15, 0.2) is 4.77 Å².